The Kier molecular flexibility index (Phi) is 2.90. The van der Waals surface area contributed by atoms with E-state index in [0.29, 0.717) is 11.3 Å². The lowest BCUT2D eigenvalue weighted by Crippen LogP contribution is -1.88. The first-order chi connectivity index (χ1) is 5.88. The number of oxime groups is 1. The van der Waals surface area contributed by atoms with Crippen LogP contribution in [-0.4, -0.2) is 11.4 Å². The highest BCUT2D eigenvalue weighted by molar-refractivity contribution is 5.82. The summed E-state index contributed by atoms with van der Waals surface area (Å²) in [5.74, 6) is 0.616. The van der Waals surface area contributed by atoms with Crippen molar-refractivity contribution in [2.45, 2.75) is 0 Å². The fraction of sp³-hybridized carbons (Fsp3) is 0. The normalized spacial score (nSPS) is 10.0. The second-order valence-corrected chi connectivity index (χ2v) is 2.07. The molecule has 1 aromatic carbocycles. The van der Waals surface area contributed by atoms with Crippen LogP contribution in [0.3, 0.4) is 0 Å². The van der Waals surface area contributed by atoms with E-state index in [-0.39, 0.29) is 0 Å². The van der Waals surface area contributed by atoms with Crippen LogP contribution in [0.15, 0.2) is 42.3 Å². The monoisotopic (exact) mass is 163 g/mol. The Bertz CT molecular complexity index is 294. The van der Waals surface area contributed by atoms with Gasteiger partial charge in [-0.1, -0.05) is 23.9 Å². The van der Waals surface area contributed by atoms with E-state index in [0.717, 1.165) is 0 Å². The molecule has 62 valence electrons. The van der Waals surface area contributed by atoms with Crippen LogP contribution in [0.5, 0.6) is 5.75 Å². The van der Waals surface area contributed by atoms with Crippen molar-refractivity contribution in [1.82, 2.24) is 0 Å². The van der Waals surface area contributed by atoms with Crippen LogP contribution in [0, 0.1) is 0 Å². The van der Waals surface area contributed by atoms with Gasteiger partial charge in [-0.2, -0.15) is 0 Å². The Labute approximate surface area is 70.6 Å². The van der Waals surface area contributed by atoms with Crippen LogP contribution in [-0.2, 0) is 0 Å². The summed E-state index contributed by atoms with van der Waals surface area (Å²) in [5, 5.41) is 11.2. The lowest BCUT2D eigenvalue weighted by Gasteiger charge is -2.01. The molecule has 0 spiro atoms. The maximum absolute atomic E-state index is 8.30. The van der Waals surface area contributed by atoms with Crippen LogP contribution in [0.1, 0.15) is 5.56 Å². The topological polar surface area (TPSA) is 41.8 Å². The molecule has 1 rings (SSSR count). The molecule has 0 heterocycles. The summed E-state index contributed by atoms with van der Waals surface area (Å²) in [5.41, 5.74) is 0.708. The predicted molar refractivity (Wildman–Crippen MR) is 46.6 cm³/mol. The van der Waals surface area contributed by atoms with Gasteiger partial charge >= 0.3 is 0 Å². The summed E-state index contributed by atoms with van der Waals surface area (Å²) in [4.78, 5) is 0. The third-order valence-electron chi connectivity index (χ3n) is 1.33. The average molecular weight is 163 g/mol. The first-order valence-electron chi connectivity index (χ1n) is 3.42. The zero-order valence-electron chi connectivity index (χ0n) is 6.47. The van der Waals surface area contributed by atoms with E-state index in [4.69, 9.17) is 9.94 Å². The number of para-hydroxylation sites is 1. The van der Waals surface area contributed by atoms with Crippen LogP contribution in [0.25, 0.3) is 0 Å². The number of nitrogens with zero attached hydrogens (tertiary/aromatic N) is 1. The Morgan fingerprint density at radius 3 is 2.83 bits per heavy atom. The molecule has 0 aromatic heterocycles. The molecule has 0 bridgehead atoms. The van der Waals surface area contributed by atoms with Crippen molar-refractivity contribution in [3.8, 4) is 5.75 Å². The highest BCUT2D eigenvalue weighted by Gasteiger charge is 1.97. The minimum Gasteiger partial charge on any atom is -0.465 e. The SMILES string of the molecule is C=COc1ccccc1C=NO. The molecule has 0 atom stereocenters. The van der Waals surface area contributed by atoms with E-state index >= 15 is 0 Å². The Morgan fingerprint density at radius 2 is 2.17 bits per heavy atom. The van der Waals surface area contributed by atoms with Gasteiger partial charge in [0, 0.05) is 5.56 Å². The van der Waals surface area contributed by atoms with Gasteiger partial charge in [0.2, 0.25) is 0 Å². The summed E-state index contributed by atoms with van der Waals surface area (Å²) in [6.45, 7) is 3.43. The molecule has 1 N–H and O–H groups in total. The Balaban J connectivity index is 2.99. The highest BCUT2D eigenvalue weighted by atomic mass is 16.5. The lowest BCUT2D eigenvalue weighted by atomic mass is 10.2. The molecule has 0 amide bonds. The van der Waals surface area contributed by atoms with E-state index in [1.807, 2.05) is 12.1 Å². The van der Waals surface area contributed by atoms with Gasteiger partial charge in [-0.25, -0.2) is 0 Å². The molecule has 3 heteroatoms. The van der Waals surface area contributed by atoms with Crippen molar-refractivity contribution in [1.29, 1.82) is 0 Å². The van der Waals surface area contributed by atoms with Crippen LogP contribution in [0.4, 0.5) is 0 Å². The number of benzene rings is 1. The largest absolute Gasteiger partial charge is 0.465 e. The van der Waals surface area contributed by atoms with Gasteiger partial charge in [0.05, 0.1) is 12.5 Å². The molecular weight excluding hydrogens is 154 g/mol. The summed E-state index contributed by atoms with van der Waals surface area (Å²) in [7, 11) is 0. The number of hydrogen-bond acceptors (Lipinski definition) is 3. The van der Waals surface area contributed by atoms with Crippen molar-refractivity contribution in [3.05, 3.63) is 42.7 Å². The second-order valence-electron chi connectivity index (χ2n) is 2.07. The van der Waals surface area contributed by atoms with Crippen LogP contribution < -0.4 is 4.74 Å². The molecule has 0 unspecified atom stereocenters. The minimum atomic E-state index is 0.616. The predicted octanol–water partition coefficient (Wildman–Crippen LogP) is 2.02. The number of ether oxygens (including phenoxy) is 1. The van der Waals surface area contributed by atoms with E-state index in [1.165, 1.54) is 12.5 Å². The maximum atomic E-state index is 8.30. The van der Waals surface area contributed by atoms with Gasteiger partial charge in [0.25, 0.3) is 0 Å². The minimum absolute atomic E-state index is 0.616. The quantitative estimate of drug-likeness (QED) is 0.320. The van der Waals surface area contributed by atoms with Crippen molar-refractivity contribution >= 4 is 6.21 Å². The van der Waals surface area contributed by atoms with Gasteiger partial charge in [0.1, 0.15) is 5.75 Å². The van der Waals surface area contributed by atoms with E-state index in [9.17, 15) is 0 Å². The number of rotatable bonds is 3. The van der Waals surface area contributed by atoms with Crippen LogP contribution in [0.2, 0.25) is 0 Å². The van der Waals surface area contributed by atoms with Crippen molar-refractivity contribution in [3.63, 3.8) is 0 Å². The fourth-order valence-electron chi connectivity index (χ4n) is 0.846. The number of hydrogen-bond donors (Lipinski definition) is 1. The molecule has 0 radical (unpaired) electrons. The maximum Gasteiger partial charge on any atom is 0.135 e. The van der Waals surface area contributed by atoms with E-state index in [2.05, 4.69) is 11.7 Å². The molecule has 12 heavy (non-hydrogen) atoms. The summed E-state index contributed by atoms with van der Waals surface area (Å²) in [6, 6.07) is 7.19. The molecule has 0 saturated carbocycles. The fourth-order valence-corrected chi connectivity index (χ4v) is 0.846. The average Bonchev–Trinajstić information content (AvgIpc) is 2.09. The Hall–Kier alpha value is -1.77. The molecule has 0 aliphatic rings. The van der Waals surface area contributed by atoms with Crippen molar-refractivity contribution < 1.29 is 9.94 Å². The molecular formula is C9H9NO2. The smallest absolute Gasteiger partial charge is 0.135 e. The lowest BCUT2D eigenvalue weighted by molar-refractivity contribution is 0.321. The van der Waals surface area contributed by atoms with Gasteiger partial charge < -0.3 is 9.94 Å². The molecule has 3 nitrogen and oxygen atoms in total. The zero-order valence-corrected chi connectivity index (χ0v) is 6.47. The summed E-state index contributed by atoms with van der Waals surface area (Å²) in [6.07, 6.45) is 2.63. The highest BCUT2D eigenvalue weighted by Crippen LogP contribution is 2.15. The van der Waals surface area contributed by atoms with Crippen LogP contribution >= 0.6 is 0 Å². The van der Waals surface area contributed by atoms with Gasteiger partial charge in [-0.3, -0.25) is 0 Å². The van der Waals surface area contributed by atoms with Crippen molar-refractivity contribution in [2.24, 2.45) is 5.16 Å². The molecule has 0 aliphatic carbocycles. The molecule has 0 aliphatic heterocycles. The molecule has 0 fully saturated rings. The third-order valence-corrected chi connectivity index (χ3v) is 1.33. The summed E-state index contributed by atoms with van der Waals surface area (Å²) < 4.78 is 5.05. The summed E-state index contributed by atoms with van der Waals surface area (Å²) >= 11 is 0. The van der Waals surface area contributed by atoms with Gasteiger partial charge in [-0.15, -0.1) is 0 Å². The third kappa shape index (κ3) is 1.85. The molecule has 0 saturated heterocycles. The first-order valence-corrected chi connectivity index (χ1v) is 3.42. The standard InChI is InChI=1S/C9H9NO2/c1-2-12-9-6-4-3-5-8(9)7-10-11/h2-7,11H,1H2. The Morgan fingerprint density at radius 1 is 1.42 bits per heavy atom. The van der Waals surface area contributed by atoms with Crippen molar-refractivity contribution in [2.75, 3.05) is 0 Å². The van der Waals surface area contributed by atoms with E-state index in [1.54, 1.807) is 12.1 Å². The zero-order chi connectivity index (χ0) is 8.81. The van der Waals surface area contributed by atoms with E-state index < -0.39 is 0 Å². The van der Waals surface area contributed by atoms with Gasteiger partial charge in [0.15, 0.2) is 0 Å². The first kappa shape index (κ1) is 8.33. The molecule has 1 aromatic rings. The van der Waals surface area contributed by atoms with Gasteiger partial charge in [-0.05, 0) is 12.1 Å². The second kappa shape index (κ2) is 4.18.